The van der Waals surface area contributed by atoms with Crippen molar-refractivity contribution in [3.63, 3.8) is 0 Å². The maximum atomic E-state index is 5.43. The highest BCUT2D eigenvalue weighted by atomic mass is 15.3. The van der Waals surface area contributed by atoms with Crippen molar-refractivity contribution in [2.75, 3.05) is 11.5 Å². The molecule has 0 fully saturated rings. The third-order valence-corrected chi connectivity index (χ3v) is 1.05. The van der Waals surface area contributed by atoms with E-state index in [1.807, 2.05) is 0 Å². The number of nitrogen functional groups attached to an aromatic ring is 2. The third-order valence-electron chi connectivity index (χ3n) is 1.05. The summed E-state index contributed by atoms with van der Waals surface area (Å²) in [7, 11) is 0. The maximum Gasteiger partial charge on any atom is 0.173 e. The van der Waals surface area contributed by atoms with Gasteiger partial charge in [-0.25, -0.2) is 0 Å². The highest BCUT2D eigenvalue weighted by molar-refractivity contribution is 5.68. The van der Waals surface area contributed by atoms with Crippen molar-refractivity contribution in [3.8, 4) is 0 Å². The third kappa shape index (κ3) is 0.883. The predicted molar refractivity (Wildman–Crippen MR) is 38.7 cm³/mol. The van der Waals surface area contributed by atoms with Crippen LogP contribution in [0.2, 0.25) is 0 Å². The molecule has 0 saturated carbocycles. The minimum absolute atomic E-state index is 0.185. The first-order valence-corrected chi connectivity index (χ1v) is 2.62. The molecule has 1 heterocycles. The number of rotatable bonds is 1. The Morgan fingerprint density at radius 1 is 1.30 bits per heavy atom. The van der Waals surface area contributed by atoms with Crippen LogP contribution in [-0.4, -0.2) is 15.4 Å². The van der Waals surface area contributed by atoms with E-state index in [1.165, 1.54) is 6.08 Å². The van der Waals surface area contributed by atoms with Crippen LogP contribution in [0.1, 0.15) is 5.69 Å². The molecule has 0 spiro atoms. The lowest BCUT2D eigenvalue weighted by molar-refractivity contribution is 0.869. The lowest BCUT2D eigenvalue weighted by Crippen LogP contribution is -2.04. The average molecular weight is 137 g/mol. The molecule has 1 aromatic rings. The zero-order valence-corrected chi connectivity index (χ0v) is 5.28. The van der Waals surface area contributed by atoms with E-state index < -0.39 is 0 Å². The van der Waals surface area contributed by atoms with Crippen molar-refractivity contribution in [2.45, 2.75) is 0 Å². The summed E-state index contributed by atoms with van der Waals surface area (Å²) in [6.45, 7) is 3.47. The van der Waals surface area contributed by atoms with Gasteiger partial charge in [-0.1, -0.05) is 6.58 Å². The quantitative estimate of drug-likeness (QED) is 0.553. The van der Waals surface area contributed by atoms with E-state index in [0.29, 0.717) is 11.4 Å². The second-order valence-corrected chi connectivity index (χ2v) is 1.68. The summed E-state index contributed by atoms with van der Waals surface area (Å²) >= 11 is 0. The molecule has 10 heavy (non-hydrogen) atoms. The van der Waals surface area contributed by atoms with Crippen molar-refractivity contribution in [2.24, 2.45) is 0 Å². The predicted octanol–water partition coefficient (Wildman–Crippen LogP) is -0.321. The molecule has 52 valence electrons. The second kappa shape index (κ2) is 2.30. The first-order valence-electron chi connectivity index (χ1n) is 2.62. The molecule has 0 amide bonds. The Kier molecular flexibility index (Phi) is 1.49. The van der Waals surface area contributed by atoms with Gasteiger partial charge in [-0.05, 0) is 11.3 Å². The van der Waals surface area contributed by atoms with E-state index in [2.05, 4.69) is 22.0 Å². The number of aromatic nitrogens is 3. The molecular formula is C5H7N5. The summed E-state index contributed by atoms with van der Waals surface area (Å²) in [5, 5.41) is 10.3. The van der Waals surface area contributed by atoms with Crippen LogP contribution in [0.3, 0.4) is 0 Å². The summed E-state index contributed by atoms with van der Waals surface area (Å²) in [5.74, 6) is 0.185. The number of anilines is 2. The molecule has 5 nitrogen and oxygen atoms in total. The molecule has 0 radical (unpaired) electrons. The largest absolute Gasteiger partial charge is 0.394 e. The van der Waals surface area contributed by atoms with Crippen molar-refractivity contribution < 1.29 is 0 Å². The summed E-state index contributed by atoms with van der Waals surface area (Å²) in [4.78, 5) is 0. The molecule has 0 saturated heterocycles. The van der Waals surface area contributed by atoms with E-state index in [4.69, 9.17) is 11.5 Å². The van der Waals surface area contributed by atoms with Crippen LogP contribution in [0.25, 0.3) is 6.08 Å². The van der Waals surface area contributed by atoms with Gasteiger partial charge in [0, 0.05) is 0 Å². The van der Waals surface area contributed by atoms with Crippen LogP contribution in [0.4, 0.5) is 11.5 Å². The fourth-order valence-electron chi connectivity index (χ4n) is 0.508. The Morgan fingerprint density at radius 2 is 2.00 bits per heavy atom. The maximum absolute atomic E-state index is 5.43. The Hall–Kier alpha value is -1.65. The summed E-state index contributed by atoms with van der Waals surface area (Å²) in [6, 6.07) is 0. The lowest BCUT2D eigenvalue weighted by atomic mass is 10.3. The van der Waals surface area contributed by atoms with E-state index in [0.717, 1.165) is 0 Å². The molecule has 0 aromatic carbocycles. The number of nitrogens with two attached hydrogens (primary N) is 2. The van der Waals surface area contributed by atoms with Crippen molar-refractivity contribution >= 4 is 17.6 Å². The van der Waals surface area contributed by atoms with Gasteiger partial charge in [0.25, 0.3) is 0 Å². The van der Waals surface area contributed by atoms with Gasteiger partial charge < -0.3 is 11.5 Å². The molecule has 0 aliphatic heterocycles. The SMILES string of the molecule is C=Cc1nnnc(N)c1N. The van der Waals surface area contributed by atoms with Crippen LogP contribution in [0.15, 0.2) is 6.58 Å². The highest BCUT2D eigenvalue weighted by Crippen LogP contribution is 2.12. The van der Waals surface area contributed by atoms with Crippen LogP contribution in [0.5, 0.6) is 0 Å². The lowest BCUT2D eigenvalue weighted by Gasteiger charge is -1.97. The smallest absolute Gasteiger partial charge is 0.173 e. The highest BCUT2D eigenvalue weighted by Gasteiger charge is 2.00. The van der Waals surface area contributed by atoms with Gasteiger partial charge in [-0.2, -0.15) is 0 Å². The van der Waals surface area contributed by atoms with E-state index in [-0.39, 0.29) is 5.82 Å². The monoisotopic (exact) mass is 137 g/mol. The molecule has 0 unspecified atom stereocenters. The van der Waals surface area contributed by atoms with Crippen molar-refractivity contribution in [1.29, 1.82) is 0 Å². The molecule has 4 N–H and O–H groups in total. The molecule has 1 aromatic heterocycles. The van der Waals surface area contributed by atoms with E-state index in [1.54, 1.807) is 0 Å². The minimum atomic E-state index is 0.185. The number of hydrogen-bond acceptors (Lipinski definition) is 5. The van der Waals surface area contributed by atoms with E-state index >= 15 is 0 Å². The Labute approximate surface area is 57.7 Å². The van der Waals surface area contributed by atoms with Crippen LogP contribution in [-0.2, 0) is 0 Å². The fourth-order valence-corrected chi connectivity index (χ4v) is 0.508. The second-order valence-electron chi connectivity index (χ2n) is 1.68. The van der Waals surface area contributed by atoms with Crippen molar-refractivity contribution in [1.82, 2.24) is 15.4 Å². The zero-order valence-electron chi connectivity index (χ0n) is 5.28. The molecule has 0 aliphatic rings. The summed E-state index contributed by atoms with van der Waals surface area (Å²) in [6.07, 6.45) is 1.47. The first-order chi connectivity index (χ1) is 4.75. The van der Waals surface area contributed by atoms with Crippen LogP contribution in [0, 0.1) is 0 Å². The Bertz CT molecular complexity index is 256. The van der Waals surface area contributed by atoms with Gasteiger partial charge in [0.05, 0.1) is 0 Å². The van der Waals surface area contributed by atoms with Crippen LogP contribution < -0.4 is 11.5 Å². The molecule has 0 atom stereocenters. The van der Waals surface area contributed by atoms with Gasteiger partial charge in [-0.15, -0.1) is 10.2 Å². The van der Waals surface area contributed by atoms with Crippen LogP contribution >= 0.6 is 0 Å². The molecule has 1 rings (SSSR count). The minimum Gasteiger partial charge on any atom is -0.394 e. The van der Waals surface area contributed by atoms with Gasteiger partial charge in [0.15, 0.2) is 5.82 Å². The number of hydrogen-bond donors (Lipinski definition) is 2. The normalized spacial score (nSPS) is 9.20. The number of nitrogens with zero attached hydrogens (tertiary/aromatic N) is 3. The van der Waals surface area contributed by atoms with Gasteiger partial charge in [0.2, 0.25) is 0 Å². The Morgan fingerprint density at radius 3 is 2.50 bits per heavy atom. The average Bonchev–Trinajstić information content (AvgIpc) is 1.95. The fraction of sp³-hybridized carbons (Fsp3) is 0. The van der Waals surface area contributed by atoms with E-state index in [9.17, 15) is 0 Å². The molecule has 0 bridgehead atoms. The topological polar surface area (TPSA) is 90.7 Å². The summed E-state index contributed by atoms with van der Waals surface area (Å²) < 4.78 is 0. The molecule has 5 heteroatoms. The van der Waals surface area contributed by atoms with Crippen molar-refractivity contribution in [3.05, 3.63) is 12.3 Å². The molecule has 0 aliphatic carbocycles. The standard InChI is InChI=1S/C5H7N5/c1-2-3-4(6)5(7)9-10-8-3/h2H,1H2,(H2,6,10)(H2,7,8,9). The summed E-state index contributed by atoms with van der Waals surface area (Å²) in [5.41, 5.74) is 11.5. The van der Waals surface area contributed by atoms with Gasteiger partial charge >= 0.3 is 0 Å². The first kappa shape index (κ1) is 6.47. The zero-order chi connectivity index (χ0) is 7.56. The van der Waals surface area contributed by atoms with Gasteiger partial charge in [-0.3, -0.25) is 0 Å². The Balaban J connectivity index is 3.27. The van der Waals surface area contributed by atoms with Gasteiger partial charge in [0.1, 0.15) is 11.4 Å². The molecular weight excluding hydrogens is 130 g/mol.